The molecule has 0 nitrogen and oxygen atoms in total. The standard InChI is InChI=1S/C23H29.C13H8I2.C5H5.Zr/c1-14-9-16-11-17-10-15(2)21(23(6,7)8)13-19(17)18(16)12-20(14)22(3,4)5;14-12-5-1-10(2-6-12)9-11-3-7-13(15)8-4-11;1-2-4-5-3-1;/h9,12-13H,11H2,1-8H3;1-8H;1-3H,4H2;/q-1;;-1;+2. The van der Waals surface area contributed by atoms with E-state index in [1.807, 2.05) is 12.2 Å². The zero-order valence-electron chi connectivity index (χ0n) is 27.3. The molecule has 0 radical (unpaired) electrons. The summed E-state index contributed by atoms with van der Waals surface area (Å²) in [4.78, 5) is 0. The average Bonchev–Trinajstić information content (AvgIpc) is 3.63. The Balaban J connectivity index is 0.000000181. The predicted octanol–water partition coefficient (Wildman–Crippen LogP) is 11.6. The van der Waals surface area contributed by atoms with E-state index in [9.17, 15) is 0 Å². The van der Waals surface area contributed by atoms with E-state index in [4.69, 9.17) is 0 Å². The Kier molecular flexibility index (Phi) is 12.1. The monoisotopic (exact) mass is 878 g/mol. The van der Waals surface area contributed by atoms with Crippen LogP contribution in [-0.2, 0) is 41.5 Å². The summed E-state index contributed by atoms with van der Waals surface area (Å²) >= 11 is 6.13. The molecule has 0 fully saturated rings. The van der Waals surface area contributed by atoms with Crippen molar-refractivity contribution in [3.63, 3.8) is 0 Å². The number of aryl methyl sites for hydroxylation is 2. The van der Waals surface area contributed by atoms with Crippen LogP contribution in [0.25, 0.3) is 11.1 Å². The van der Waals surface area contributed by atoms with Crippen molar-refractivity contribution < 1.29 is 24.2 Å². The minimum absolute atomic E-state index is 0.163. The van der Waals surface area contributed by atoms with Gasteiger partial charge in [-0.3, -0.25) is 6.08 Å². The second-order valence-electron chi connectivity index (χ2n) is 13.6. The molecule has 0 atom stereocenters. The van der Waals surface area contributed by atoms with Crippen LogP contribution in [0.5, 0.6) is 0 Å². The first-order valence-corrected chi connectivity index (χ1v) is 18.6. The van der Waals surface area contributed by atoms with Crippen molar-refractivity contribution in [2.45, 2.75) is 79.1 Å². The summed E-state index contributed by atoms with van der Waals surface area (Å²) in [5.41, 5.74) is 14.3. The Bertz CT molecular complexity index is 1570. The van der Waals surface area contributed by atoms with Gasteiger partial charge in [0.25, 0.3) is 0 Å². The molecule has 0 unspecified atom stereocenters. The van der Waals surface area contributed by atoms with Gasteiger partial charge in [-0.05, 0) is 35.4 Å². The first-order chi connectivity index (χ1) is 20.6. The second kappa shape index (κ2) is 15.0. The van der Waals surface area contributed by atoms with Crippen molar-refractivity contribution in [2.75, 3.05) is 0 Å². The Morgan fingerprint density at radius 1 is 0.727 bits per heavy atom. The number of allylic oxidation sites excluding steroid dienone is 4. The summed E-state index contributed by atoms with van der Waals surface area (Å²) in [6.45, 7) is 18.2. The van der Waals surface area contributed by atoms with Gasteiger partial charge >= 0.3 is 139 Å². The quantitative estimate of drug-likeness (QED) is 0.122. The molecule has 0 spiro atoms. The molecular weight excluding hydrogens is 837 g/mol. The van der Waals surface area contributed by atoms with Gasteiger partial charge in [-0.2, -0.15) is 23.8 Å². The molecule has 0 heterocycles. The molecule has 4 aromatic carbocycles. The SMILES string of the molecule is Cc1[c-]c2c(cc1C(C)(C)C)-c1cc(C(C)(C)C)c(C)cc1C2.[C-]1=CC=CC1.[Zr+2]=[C](c1ccc(I)cc1)c1ccc(I)cc1. The molecule has 3 heteroatoms. The van der Waals surface area contributed by atoms with Gasteiger partial charge in [0.15, 0.2) is 0 Å². The van der Waals surface area contributed by atoms with E-state index >= 15 is 0 Å². The van der Waals surface area contributed by atoms with Crippen molar-refractivity contribution in [2.24, 2.45) is 0 Å². The second-order valence-corrected chi connectivity index (χ2v) is 17.3. The number of hydrogen-bond acceptors (Lipinski definition) is 0. The summed E-state index contributed by atoms with van der Waals surface area (Å²) in [5, 5.41) is 0. The van der Waals surface area contributed by atoms with E-state index in [1.54, 1.807) is 0 Å². The normalized spacial score (nSPS) is 13.0. The zero-order chi connectivity index (χ0) is 32.2. The molecule has 2 aliphatic carbocycles. The van der Waals surface area contributed by atoms with Crippen LogP contribution in [-0.4, -0.2) is 3.21 Å². The van der Waals surface area contributed by atoms with E-state index in [0.29, 0.717) is 0 Å². The van der Waals surface area contributed by atoms with E-state index < -0.39 is 0 Å². The molecule has 2 aliphatic rings. The van der Waals surface area contributed by atoms with E-state index in [0.717, 1.165) is 12.8 Å². The van der Waals surface area contributed by atoms with Crippen LogP contribution in [0.4, 0.5) is 0 Å². The van der Waals surface area contributed by atoms with Crippen LogP contribution in [0.3, 0.4) is 0 Å². The van der Waals surface area contributed by atoms with Crippen LogP contribution in [0, 0.1) is 33.1 Å². The van der Waals surface area contributed by atoms with Crippen molar-refractivity contribution >= 4 is 48.4 Å². The van der Waals surface area contributed by atoms with Gasteiger partial charge in [0.05, 0.1) is 0 Å². The van der Waals surface area contributed by atoms with Crippen molar-refractivity contribution in [3.05, 3.63) is 149 Å². The average molecular weight is 880 g/mol. The predicted molar refractivity (Wildman–Crippen MR) is 203 cm³/mol. The molecule has 0 amide bonds. The van der Waals surface area contributed by atoms with Crippen molar-refractivity contribution in [3.8, 4) is 11.1 Å². The van der Waals surface area contributed by atoms with Crippen molar-refractivity contribution in [1.82, 2.24) is 0 Å². The van der Waals surface area contributed by atoms with Crippen LogP contribution < -0.4 is 0 Å². The van der Waals surface area contributed by atoms with E-state index in [1.165, 1.54) is 90.2 Å². The fourth-order valence-corrected chi connectivity index (χ4v) is 7.30. The zero-order valence-corrected chi connectivity index (χ0v) is 34.0. The summed E-state index contributed by atoms with van der Waals surface area (Å²) < 4.78 is 3.99. The Labute approximate surface area is 308 Å². The van der Waals surface area contributed by atoms with Crippen LogP contribution in [0.15, 0.2) is 85.0 Å². The molecule has 4 aromatic rings. The fraction of sp³-hybridized carbons (Fsp3) is 0.293. The number of hydrogen-bond donors (Lipinski definition) is 0. The molecule has 0 N–H and O–H groups in total. The molecule has 44 heavy (non-hydrogen) atoms. The third kappa shape index (κ3) is 9.10. The van der Waals surface area contributed by atoms with Gasteiger partial charge in [-0.1, -0.05) is 71.6 Å². The third-order valence-electron chi connectivity index (χ3n) is 7.93. The molecule has 0 aliphatic heterocycles. The maximum absolute atomic E-state index is 3.69. The van der Waals surface area contributed by atoms with E-state index in [2.05, 4.69) is 186 Å². The van der Waals surface area contributed by atoms with Crippen molar-refractivity contribution in [1.29, 1.82) is 0 Å². The van der Waals surface area contributed by atoms with Crippen LogP contribution >= 0.6 is 45.2 Å². The maximum atomic E-state index is 3.69. The van der Waals surface area contributed by atoms with Gasteiger partial charge in [0, 0.05) is 0 Å². The van der Waals surface area contributed by atoms with Gasteiger partial charge in [-0.25, -0.2) is 12.2 Å². The molecule has 0 saturated heterocycles. The van der Waals surface area contributed by atoms with Gasteiger partial charge < -0.3 is 0 Å². The summed E-state index contributed by atoms with van der Waals surface area (Å²) in [7, 11) is 0. The van der Waals surface area contributed by atoms with Gasteiger partial charge in [0.1, 0.15) is 0 Å². The molecule has 0 aromatic heterocycles. The Hall–Kier alpha value is -1.43. The summed E-state index contributed by atoms with van der Waals surface area (Å²) in [6.07, 6.45) is 11.0. The Morgan fingerprint density at radius 2 is 1.25 bits per heavy atom. The number of fused-ring (bicyclic) bond motifs is 3. The van der Waals surface area contributed by atoms with E-state index in [-0.39, 0.29) is 10.8 Å². The molecular formula is C41H42I2Zr. The fourth-order valence-electron chi connectivity index (χ4n) is 5.76. The molecule has 6 rings (SSSR count). The molecule has 0 saturated carbocycles. The summed E-state index contributed by atoms with van der Waals surface area (Å²) in [6, 6.07) is 28.4. The minimum atomic E-state index is 0.163. The number of rotatable bonds is 2. The number of halogens is 2. The van der Waals surface area contributed by atoms with Gasteiger partial charge in [-0.15, -0.1) is 23.1 Å². The Morgan fingerprint density at radius 3 is 1.68 bits per heavy atom. The molecule has 0 bridgehead atoms. The number of benzene rings is 4. The first-order valence-electron chi connectivity index (χ1n) is 15.2. The third-order valence-corrected chi connectivity index (χ3v) is 10.8. The van der Waals surface area contributed by atoms with Crippen LogP contribution in [0.1, 0.15) is 92.5 Å². The first kappa shape index (κ1) is 35.4. The molecule has 224 valence electrons. The topological polar surface area (TPSA) is 0 Å². The summed E-state index contributed by atoms with van der Waals surface area (Å²) in [5.74, 6) is 0. The van der Waals surface area contributed by atoms with Gasteiger partial charge in [0.2, 0.25) is 0 Å². The van der Waals surface area contributed by atoms with Crippen LogP contribution in [0.2, 0.25) is 0 Å².